The van der Waals surface area contributed by atoms with Gasteiger partial charge in [-0.2, -0.15) is 0 Å². The minimum atomic E-state index is -1.13. The van der Waals surface area contributed by atoms with E-state index in [4.69, 9.17) is 14.0 Å². The van der Waals surface area contributed by atoms with E-state index in [1.54, 1.807) is 0 Å². The lowest BCUT2D eigenvalue weighted by Gasteiger charge is -2.32. The molecule has 7 nitrogen and oxygen atoms in total. The second-order valence-corrected chi connectivity index (χ2v) is 10.9. The molecule has 0 radical (unpaired) electrons. The summed E-state index contributed by atoms with van der Waals surface area (Å²) >= 11 is 0. The monoisotopic (exact) mass is 513 g/mol. The van der Waals surface area contributed by atoms with Gasteiger partial charge in [0.2, 0.25) is 0 Å². The fourth-order valence-electron chi connectivity index (χ4n) is 5.01. The topological polar surface area (TPSA) is 94.1 Å². The molecule has 2 N–H and O–H groups in total. The van der Waals surface area contributed by atoms with Gasteiger partial charge in [-0.15, -0.1) is 0 Å². The van der Waals surface area contributed by atoms with Crippen molar-refractivity contribution in [2.45, 2.75) is 57.3 Å². The van der Waals surface area contributed by atoms with Crippen LogP contribution in [0.5, 0.6) is 0 Å². The molecule has 0 saturated carbocycles. The van der Waals surface area contributed by atoms with Crippen molar-refractivity contribution in [1.29, 1.82) is 0 Å². The highest BCUT2D eigenvalue weighted by atomic mass is 16.7. The first-order valence-electron chi connectivity index (χ1n) is 12.8. The number of aliphatic carboxylic acids is 1. The minimum absolute atomic E-state index is 0.0982. The van der Waals surface area contributed by atoms with E-state index < -0.39 is 36.4 Å². The number of amides is 1. The highest BCUT2D eigenvalue weighted by Gasteiger charge is 2.51. The Balaban J connectivity index is 1.20. The third-order valence-electron chi connectivity index (χ3n) is 7.88. The molecule has 8 heteroatoms. The van der Waals surface area contributed by atoms with Crippen LogP contribution in [-0.4, -0.2) is 48.1 Å². The minimum Gasteiger partial charge on any atom is -0.480 e. The quantitative estimate of drug-likeness (QED) is 0.452. The van der Waals surface area contributed by atoms with Gasteiger partial charge in [0.1, 0.15) is 12.6 Å². The molecule has 2 aliphatic rings. The number of hydrogen-bond acceptors (Lipinski definition) is 5. The van der Waals surface area contributed by atoms with Gasteiger partial charge >= 0.3 is 19.2 Å². The van der Waals surface area contributed by atoms with E-state index in [0.717, 1.165) is 33.3 Å². The molecule has 5 rings (SSSR count). The summed E-state index contributed by atoms with van der Waals surface area (Å²) in [5.41, 5.74) is 5.17. The molecule has 1 saturated heterocycles. The van der Waals surface area contributed by atoms with Crippen LogP contribution in [0.3, 0.4) is 0 Å². The second-order valence-electron chi connectivity index (χ2n) is 10.9. The van der Waals surface area contributed by atoms with E-state index in [0.29, 0.717) is 0 Å². The number of alkyl carbamates (subject to hydrolysis) is 1. The van der Waals surface area contributed by atoms with Crippen LogP contribution in [-0.2, 0) is 25.3 Å². The standard InChI is InChI=1S/C30H32BNO6/c1-29(2)30(3,4)38-31(37-29)20-15-13-19(14-16-20)17-26(27(33)34)32-28(35)36-18-25-23-11-7-5-9-21(23)22-10-6-8-12-24(22)25/h5-16,25-26H,17-18H2,1-4H3,(H,32,35)(H,33,34)/t26-/m0/s1. The zero-order valence-corrected chi connectivity index (χ0v) is 22.1. The molecule has 1 amide bonds. The summed E-state index contributed by atoms with van der Waals surface area (Å²) in [6.07, 6.45) is -0.642. The summed E-state index contributed by atoms with van der Waals surface area (Å²) in [6, 6.07) is 22.4. The zero-order chi connectivity index (χ0) is 27.1. The van der Waals surface area contributed by atoms with Crippen LogP contribution in [0, 0.1) is 0 Å². The van der Waals surface area contributed by atoms with Crippen molar-refractivity contribution in [3.8, 4) is 11.1 Å². The van der Waals surface area contributed by atoms with Gasteiger partial charge in [0.25, 0.3) is 0 Å². The zero-order valence-electron chi connectivity index (χ0n) is 22.1. The Kier molecular flexibility index (Phi) is 6.80. The average Bonchev–Trinajstić information content (AvgIpc) is 3.32. The molecule has 0 aromatic heterocycles. The molecule has 0 spiro atoms. The Hall–Kier alpha value is -3.62. The lowest BCUT2D eigenvalue weighted by molar-refractivity contribution is -0.139. The number of carbonyl (C=O) groups is 2. The Morgan fingerprint density at radius 3 is 1.95 bits per heavy atom. The number of fused-ring (bicyclic) bond motifs is 3. The normalized spacial score (nSPS) is 17.9. The van der Waals surface area contributed by atoms with Crippen LogP contribution in [0.4, 0.5) is 4.79 Å². The number of nitrogens with one attached hydrogen (secondary N) is 1. The molecule has 196 valence electrons. The summed E-state index contributed by atoms with van der Waals surface area (Å²) in [4.78, 5) is 24.6. The van der Waals surface area contributed by atoms with Crippen molar-refractivity contribution in [2.24, 2.45) is 0 Å². The number of ether oxygens (including phenoxy) is 1. The van der Waals surface area contributed by atoms with Crippen molar-refractivity contribution in [3.63, 3.8) is 0 Å². The molecule has 0 unspecified atom stereocenters. The first kappa shape index (κ1) is 26.0. The predicted molar refractivity (Wildman–Crippen MR) is 145 cm³/mol. The van der Waals surface area contributed by atoms with Crippen LogP contribution < -0.4 is 10.8 Å². The molecule has 1 heterocycles. The van der Waals surface area contributed by atoms with Crippen LogP contribution >= 0.6 is 0 Å². The van der Waals surface area contributed by atoms with Gasteiger partial charge in [-0.05, 0) is 61.0 Å². The molecule has 1 aliphatic heterocycles. The van der Waals surface area contributed by atoms with E-state index in [1.807, 2.05) is 88.4 Å². The molecule has 0 bridgehead atoms. The van der Waals surface area contributed by atoms with Crippen LogP contribution in [0.2, 0.25) is 0 Å². The van der Waals surface area contributed by atoms with Gasteiger partial charge < -0.3 is 24.5 Å². The molecule has 3 aromatic carbocycles. The van der Waals surface area contributed by atoms with Gasteiger partial charge in [0.05, 0.1) is 11.2 Å². The van der Waals surface area contributed by atoms with Gasteiger partial charge in [0.15, 0.2) is 0 Å². The van der Waals surface area contributed by atoms with E-state index in [2.05, 4.69) is 17.4 Å². The summed E-state index contributed by atoms with van der Waals surface area (Å²) in [5, 5.41) is 12.3. The van der Waals surface area contributed by atoms with Gasteiger partial charge in [0, 0.05) is 12.3 Å². The predicted octanol–water partition coefficient (Wildman–Crippen LogP) is 4.52. The van der Waals surface area contributed by atoms with Crippen molar-refractivity contribution in [3.05, 3.63) is 89.5 Å². The summed E-state index contributed by atoms with van der Waals surface area (Å²) < 4.78 is 17.7. The third kappa shape index (κ3) is 4.94. The molecule has 38 heavy (non-hydrogen) atoms. The van der Waals surface area contributed by atoms with Gasteiger partial charge in [-0.1, -0.05) is 72.8 Å². The SMILES string of the molecule is CC1(C)OB(c2ccc(C[C@H](NC(=O)OCC3c4ccccc4-c4ccccc43)C(=O)O)cc2)OC1(C)C. The molecule has 1 atom stereocenters. The lowest BCUT2D eigenvalue weighted by atomic mass is 9.78. The van der Waals surface area contributed by atoms with Gasteiger partial charge in [-0.25, -0.2) is 9.59 Å². The summed E-state index contributed by atoms with van der Waals surface area (Å²) in [7, 11) is -0.497. The average molecular weight is 513 g/mol. The number of hydrogen-bond donors (Lipinski definition) is 2. The smallest absolute Gasteiger partial charge is 0.480 e. The summed E-state index contributed by atoms with van der Waals surface area (Å²) in [6.45, 7) is 8.10. The van der Waals surface area contributed by atoms with Crippen molar-refractivity contribution in [1.82, 2.24) is 5.32 Å². The maximum absolute atomic E-state index is 12.6. The van der Waals surface area contributed by atoms with Crippen molar-refractivity contribution >= 4 is 24.6 Å². The molecular weight excluding hydrogens is 481 g/mol. The Bertz CT molecular complexity index is 1290. The first-order valence-corrected chi connectivity index (χ1v) is 12.8. The first-order chi connectivity index (χ1) is 18.1. The summed E-state index contributed by atoms with van der Waals surface area (Å²) in [5.74, 6) is -1.23. The number of carboxylic acid groups (broad SMARTS) is 1. The maximum Gasteiger partial charge on any atom is 0.494 e. The maximum atomic E-state index is 12.6. The van der Waals surface area contributed by atoms with Crippen LogP contribution in [0.1, 0.15) is 50.3 Å². The van der Waals surface area contributed by atoms with Crippen LogP contribution in [0.25, 0.3) is 11.1 Å². The number of carboxylic acids is 1. The van der Waals surface area contributed by atoms with E-state index in [1.165, 1.54) is 0 Å². The molecule has 3 aromatic rings. The fourth-order valence-corrected chi connectivity index (χ4v) is 5.01. The van der Waals surface area contributed by atoms with Crippen molar-refractivity contribution in [2.75, 3.05) is 6.61 Å². The Morgan fingerprint density at radius 1 is 0.895 bits per heavy atom. The highest BCUT2D eigenvalue weighted by molar-refractivity contribution is 6.62. The third-order valence-corrected chi connectivity index (χ3v) is 7.88. The largest absolute Gasteiger partial charge is 0.494 e. The number of carbonyl (C=O) groups excluding carboxylic acids is 1. The lowest BCUT2D eigenvalue weighted by Crippen LogP contribution is -2.43. The van der Waals surface area contributed by atoms with Crippen molar-refractivity contribution < 1.29 is 28.7 Å². The van der Waals surface area contributed by atoms with E-state index in [-0.39, 0.29) is 18.9 Å². The number of benzene rings is 3. The van der Waals surface area contributed by atoms with Crippen LogP contribution in [0.15, 0.2) is 72.8 Å². The fraction of sp³-hybridized carbons (Fsp3) is 0.333. The molecular formula is C30H32BNO6. The Labute approximate surface area is 223 Å². The molecule has 1 fully saturated rings. The molecule has 1 aliphatic carbocycles. The second kappa shape index (κ2) is 9.93. The highest BCUT2D eigenvalue weighted by Crippen LogP contribution is 2.44. The number of rotatable bonds is 7. The van der Waals surface area contributed by atoms with E-state index in [9.17, 15) is 14.7 Å². The van der Waals surface area contributed by atoms with E-state index >= 15 is 0 Å². The Morgan fingerprint density at radius 2 is 1.42 bits per heavy atom. The van der Waals surface area contributed by atoms with Gasteiger partial charge in [-0.3, -0.25) is 0 Å².